The second-order valence-corrected chi connectivity index (χ2v) is 19.7. The molecule has 0 aliphatic heterocycles. The fourth-order valence-electron chi connectivity index (χ4n) is 5.98. The molecule has 3 heteroatoms. The summed E-state index contributed by atoms with van der Waals surface area (Å²) in [7, 11) is -1.85. The van der Waals surface area contributed by atoms with E-state index in [1.807, 2.05) is 25.1 Å². The highest BCUT2D eigenvalue weighted by molar-refractivity contribution is 6.74. The van der Waals surface area contributed by atoms with Crippen molar-refractivity contribution in [2.75, 3.05) is 0 Å². The summed E-state index contributed by atoms with van der Waals surface area (Å²) < 4.78 is 13.1. The molecule has 0 bridgehead atoms. The molecule has 2 nitrogen and oxygen atoms in total. The molecule has 0 fully saturated rings. The van der Waals surface area contributed by atoms with Gasteiger partial charge < -0.3 is 8.84 Å². The van der Waals surface area contributed by atoms with Crippen molar-refractivity contribution in [1.29, 1.82) is 0 Å². The predicted molar refractivity (Wildman–Crippen MR) is 186 cm³/mol. The topological polar surface area (TPSA) is 22.4 Å². The Balaban J connectivity index is 1.89. The molecule has 0 saturated carbocycles. The molecule has 0 aliphatic rings. The van der Waals surface area contributed by atoms with Crippen LogP contribution in [-0.4, -0.2) is 14.4 Å². The van der Waals surface area contributed by atoms with Crippen LogP contribution in [0, 0.1) is 19.3 Å². The maximum absolute atomic E-state index is 6.99. The van der Waals surface area contributed by atoms with Gasteiger partial charge in [0.2, 0.25) is 0 Å². The lowest BCUT2D eigenvalue weighted by atomic mass is 9.69. The van der Waals surface area contributed by atoms with Crippen LogP contribution in [-0.2, 0) is 16.3 Å². The number of hydrogen-bond acceptors (Lipinski definition) is 2. The van der Waals surface area contributed by atoms with E-state index in [1.165, 1.54) is 27.8 Å². The summed E-state index contributed by atoms with van der Waals surface area (Å²) in [5, 5.41) is 0.210. The number of furan rings is 1. The molecule has 0 amide bonds. The summed E-state index contributed by atoms with van der Waals surface area (Å²) in [6.45, 7) is 29.9. The Morgan fingerprint density at radius 2 is 1.43 bits per heavy atom. The zero-order chi connectivity index (χ0) is 31.5. The highest BCUT2D eigenvalue weighted by Crippen LogP contribution is 2.43. The third kappa shape index (κ3) is 7.40. The molecule has 2 aromatic carbocycles. The average Bonchev–Trinajstić information content (AvgIpc) is 3.35. The van der Waals surface area contributed by atoms with Gasteiger partial charge in [0.25, 0.3) is 0 Å². The number of hydrogen-bond donors (Lipinski definition) is 0. The normalized spacial score (nSPS) is 14.1. The van der Waals surface area contributed by atoms with Gasteiger partial charge in [-0.2, -0.15) is 0 Å². The van der Waals surface area contributed by atoms with E-state index in [1.54, 1.807) is 0 Å². The first-order valence-corrected chi connectivity index (χ1v) is 19.0. The molecule has 3 aromatic rings. The minimum absolute atomic E-state index is 0.0226. The maximum Gasteiger partial charge on any atom is 0.192 e. The summed E-state index contributed by atoms with van der Waals surface area (Å²) in [5.41, 5.74) is 8.13. The summed E-state index contributed by atoms with van der Waals surface area (Å²) in [6, 6.07) is 18.3. The molecule has 0 radical (unpaired) electrons. The van der Waals surface area contributed by atoms with Gasteiger partial charge in [-0.3, -0.25) is 0 Å². The van der Waals surface area contributed by atoms with Gasteiger partial charge in [0.05, 0.1) is 6.10 Å². The lowest BCUT2D eigenvalue weighted by Crippen LogP contribution is -2.47. The monoisotopic (exact) mass is 586 g/mol. The Hall–Kier alpha value is -2.36. The van der Waals surface area contributed by atoms with Crippen LogP contribution in [0.3, 0.4) is 0 Å². The minimum Gasteiger partial charge on any atom is -0.457 e. The highest BCUT2D eigenvalue weighted by atomic mass is 28.4. The van der Waals surface area contributed by atoms with E-state index in [0.29, 0.717) is 0 Å². The van der Waals surface area contributed by atoms with Crippen molar-refractivity contribution in [3.05, 3.63) is 88.2 Å². The molecular weight excluding hydrogens is 529 g/mol. The molecule has 1 heterocycles. The third-order valence-electron chi connectivity index (χ3n) is 9.99. The standard InChI is InChI=1S/C39H58O2Si/c1-14-17-33-22-24-35(40-33)34-23-21-32(27-29(34)5)39(15-2,16-3)31-20-18-30(28(4)26-31)19-25-36(37(6,7)8)41-42(12,13)38(9,10)11/h14,17-18,20-24,26-27,36H,15-16,19,25H2,1-13H3/b17-14+. The lowest BCUT2D eigenvalue weighted by Gasteiger charge is -2.43. The molecule has 0 N–H and O–H groups in total. The van der Waals surface area contributed by atoms with Gasteiger partial charge in [-0.25, -0.2) is 0 Å². The van der Waals surface area contributed by atoms with Gasteiger partial charge in [-0.05, 0) is 116 Å². The van der Waals surface area contributed by atoms with Crippen molar-refractivity contribution >= 4 is 14.4 Å². The maximum atomic E-state index is 6.99. The molecule has 1 atom stereocenters. The fourth-order valence-corrected chi connectivity index (χ4v) is 7.52. The van der Waals surface area contributed by atoms with Crippen LogP contribution in [0.1, 0.15) is 115 Å². The first-order chi connectivity index (χ1) is 19.5. The number of benzene rings is 2. The smallest absolute Gasteiger partial charge is 0.192 e. The summed E-state index contributed by atoms with van der Waals surface area (Å²) in [5.74, 6) is 1.82. The summed E-state index contributed by atoms with van der Waals surface area (Å²) in [6.07, 6.45) is 8.45. The molecule has 42 heavy (non-hydrogen) atoms. The van der Waals surface area contributed by atoms with E-state index in [0.717, 1.165) is 42.8 Å². The van der Waals surface area contributed by atoms with Gasteiger partial charge in [0.15, 0.2) is 8.32 Å². The van der Waals surface area contributed by atoms with Crippen LogP contribution in [0.5, 0.6) is 0 Å². The quantitative estimate of drug-likeness (QED) is 0.208. The molecular formula is C39H58O2Si. The SMILES string of the molecule is C/C=C/c1ccc(-c2ccc(C(CC)(CC)c3ccc(CCC(O[Si](C)(C)C(C)(C)C)C(C)(C)C)c(C)c3)cc2C)o1. The van der Waals surface area contributed by atoms with Gasteiger partial charge in [0.1, 0.15) is 11.5 Å². The number of allylic oxidation sites excluding steroid dienone is 1. The van der Waals surface area contributed by atoms with Crippen LogP contribution in [0.2, 0.25) is 18.1 Å². The Kier molecular flexibility index (Phi) is 10.6. The van der Waals surface area contributed by atoms with Crippen molar-refractivity contribution < 1.29 is 8.84 Å². The Bertz CT molecular complexity index is 1360. The first kappa shape index (κ1) is 34.1. The van der Waals surface area contributed by atoms with Gasteiger partial charge in [-0.15, -0.1) is 0 Å². The van der Waals surface area contributed by atoms with E-state index >= 15 is 0 Å². The van der Waals surface area contributed by atoms with Crippen molar-refractivity contribution in [1.82, 2.24) is 0 Å². The Morgan fingerprint density at radius 3 is 1.93 bits per heavy atom. The minimum atomic E-state index is -1.85. The Morgan fingerprint density at radius 1 is 0.833 bits per heavy atom. The van der Waals surface area contributed by atoms with E-state index in [-0.39, 0.29) is 22.0 Å². The largest absolute Gasteiger partial charge is 0.457 e. The second kappa shape index (κ2) is 13.1. The molecule has 230 valence electrons. The lowest BCUT2D eigenvalue weighted by molar-refractivity contribution is 0.0657. The molecule has 1 aromatic heterocycles. The first-order valence-electron chi connectivity index (χ1n) is 16.1. The van der Waals surface area contributed by atoms with E-state index in [4.69, 9.17) is 8.84 Å². The van der Waals surface area contributed by atoms with Crippen LogP contribution >= 0.6 is 0 Å². The van der Waals surface area contributed by atoms with Crippen LogP contribution < -0.4 is 0 Å². The predicted octanol–water partition coefficient (Wildman–Crippen LogP) is 12.1. The molecule has 1 unspecified atom stereocenters. The van der Waals surface area contributed by atoms with Gasteiger partial charge in [0, 0.05) is 11.0 Å². The second-order valence-electron chi connectivity index (χ2n) is 14.9. The average molecular weight is 587 g/mol. The van der Waals surface area contributed by atoms with Crippen LogP contribution in [0.4, 0.5) is 0 Å². The van der Waals surface area contributed by atoms with Crippen molar-refractivity contribution in [3.63, 3.8) is 0 Å². The Labute approximate surface area is 259 Å². The van der Waals surface area contributed by atoms with Gasteiger partial charge >= 0.3 is 0 Å². The van der Waals surface area contributed by atoms with E-state index < -0.39 is 8.32 Å². The van der Waals surface area contributed by atoms with Crippen molar-refractivity contribution in [2.24, 2.45) is 5.41 Å². The molecule has 0 aliphatic carbocycles. The number of aryl methyl sites for hydroxylation is 3. The number of rotatable bonds is 11. The zero-order valence-corrected chi connectivity index (χ0v) is 30.0. The fraction of sp³-hybridized carbons (Fsp3) is 0.538. The highest BCUT2D eigenvalue weighted by Gasteiger charge is 2.41. The molecule has 0 saturated heterocycles. The van der Waals surface area contributed by atoms with Crippen LogP contribution in [0.15, 0.2) is 59.0 Å². The van der Waals surface area contributed by atoms with E-state index in [2.05, 4.69) is 125 Å². The van der Waals surface area contributed by atoms with Crippen molar-refractivity contribution in [3.8, 4) is 11.3 Å². The van der Waals surface area contributed by atoms with Crippen LogP contribution in [0.25, 0.3) is 17.4 Å². The summed E-state index contributed by atoms with van der Waals surface area (Å²) >= 11 is 0. The van der Waals surface area contributed by atoms with Gasteiger partial charge in [-0.1, -0.05) is 97.9 Å². The third-order valence-corrected chi connectivity index (χ3v) is 14.5. The molecule has 3 rings (SSSR count). The van der Waals surface area contributed by atoms with Crippen molar-refractivity contribution in [2.45, 2.75) is 131 Å². The van der Waals surface area contributed by atoms with E-state index in [9.17, 15) is 0 Å². The summed E-state index contributed by atoms with van der Waals surface area (Å²) in [4.78, 5) is 0. The molecule has 0 spiro atoms. The zero-order valence-electron chi connectivity index (χ0n) is 29.0.